The van der Waals surface area contributed by atoms with Gasteiger partial charge in [0.2, 0.25) is 0 Å². The monoisotopic (exact) mass is 351 g/mol. The molecule has 2 heterocycles. The van der Waals surface area contributed by atoms with Gasteiger partial charge in [-0.1, -0.05) is 6.07 Å². The van der Waals surface area contributed by atoms with Crippen molar-refractivity contribution >= 4 is 11.6 Å². The molecule has 2 N–H and O–H groups in total. The topological polar surface area (TPSA) is 78.3 Å². The lowest BCUT2D eigenvalue weighted by atomic mass is 10.0. The molecule has 0 aliphatic heterocycles. The van der Waals surface area contributed by atoms with Crippen LogP contribution in [-0.2, 0) is 12.6 Å². The second kappa shape index (κ2) is 6.23. The van der Waals surface area contributed by atoms with Crippen molar-refractivity contribution in [3.05, 3.63) is 46.9 Å². The van der Waals surface area contributed by atoms with Gasteiger partial charge in [0.15, 0.2) is 0 Å². The van der Waals surface area contributed by atoms with E-state index in [0.717, 1.165) is 12.1 Å². The first-order valence-corrected chi connectivity index (χ1v) is 7.59. The molecule has 0 aliphatic carbocycles. The number of benzene rings is 1. The van der Waals surface area contributed by atoms with E-state index in [0.29, 0.717) is 28.4 Å². The van der Waals surface area contributed by atoms with Crippen LogP contribution in [0.4, 0.5) is 19.0 Å². The molecule has 0 unspecified atom stereocenters. The Hall–Kier alpha value is -2.84. The maximum Gasteiger partial charge on any atom is 0.416 e. The molecule has 3 rings (SSSR count). The van der Waals surface area contributed by atoms with E-state index < -0.39 is 11.7 Å². The third-order valence-corrected chi connectivity index (χ3v) is 3.83. The molecule has 0 radical (unpaired) electrons. The van der Waals surface area contributed by atoms with Gasteiger partial charge in [-0.3, -0.25) is 0 Å². The standard InChI is InChI=1S/C16H16F3N5O/c1-3-25-13-7-11(16(17,18)19)5-4-10(13)6-12-9(2)23-15-21-8-22-24(15)14(12)20/h4-5,7-8H,3,6,20H2,1-2H3. The zero-order valence-electron chi connectivity index (χ0n) is 13.6. The summed E-state index contributed by atoms with van der Waals surface area (Å²) in [5, 5.41) is 4.00. The SMILES string of the molecule is CCOc1cc(C(F)(F)F)ccc1Cc1c(C)nc2ncnn2c1N. The fourth-order valence-corrected chi connectivity index (χ4v) is 2.59. The Morgan fingerprint density at radius 3 is 2.72 bits per heavy atom. The molecule has 0 fully saturated rings. The zero-order valence-corrected chi connectivity index (χ0v) is 13.6. The second-order valence-corrected chi connectivity index (χ2v) is 5.46. The lowest BCUT2D eigenvalue weighted by Crippen LogP contribution is -2.10. The number of aromatic nitrogens is 4. The molecule has 132 valence electrons. The smallest absolute Gasteiger partial charge is 0.416 e. The molecule has 0 spiro atoms. The minimum Gasteiger partial charge on any atom is -0.494 e. The summed E-state index contributed by atoms with van der Waals surface area (Å²) in [7, 11) is 0. The van der Waals surface area contributed by atoms with E-state index in [1.165, 1.54) is 16.9 Å². The predicted molar refractivity (Wildman–Crippen MR) is 85.4 cm³/mol. The minimum absolute atomic E-state index is 0.176. The number of ether oxygens (including phenoxy) is 1. The van der Waals surface area contributed by atoms with Gasteiger partial charge >= 0.3 is 6.18 Å². The Labute approximate surface area is 141 Å². The first-order chi connectivity index (χ1) is 11.8. The number of halogens is 3. The Morgan fingerprint density at radius 2 is 2.04 bits per heavy atom. The Balaban J connectivity index is 2.05. The van der Waals surface area contributed by atoms with Gasteiger partial charge < -0.3 is 10.5 Å². The molecule has 0 aliphatic rings. The van der Waals surface area contributed by atoms with E-state index in [1.807, 2.05) is 0 Å². The molecule has 25 heavy (non-hydrogen) atoms. The number of hydrogen-bond acceptors (Lipinski definition) is 5. The third-order valence-electron chi connectivity index (χ3n) is 3.83. The largest absolute Gasteiger partial charge is 0.494 e. The van der Waals surface area contributed by atoms with Crippen molar-refractivity contribution in [3.63, 3.8) is 0 Å². The normalized spacial score (nSPS) is 11.9. The number of nitrogens with two attached hydrogens (primary N) is 1. The maximum absolute atomic E-state index is 12.9. The van der Waals surface area contributed by atoms with E-state index in [2.05, 4.69) is 15.1 Å². The van der Waals surface area contributed by atoms with Gasteiger partial charge in [0.25, 0.3) is 5.78 Å². The average Bonchev–Trinajstić information content (AvgIpc) is 3.00. The first kappa shape index (κ1) is 17.0. The van der Waals surface area contributed by atoms with E-state index in [4.69, 9.17) is 10.5 Å². The minimum atomic E-state index is -4.43. The summed E-state index contributed by atoms with van der Waals surface area (Å²) in [6.45, 7) is 3.74. The van der Waals surface area contributed by atoms with Gasteiger partial charge in [0, 0.05) is 17.7 Å². The summed E-state index contributed by atoms with van der Waals surface area (Å²) in [6.07, 6.45) is -2.82. The second-order valence-electron chi connectivity index (χ2n) is 5.46. The van der Waals surface area contributed by atoms with Crippen LogP contribution in [0.2, 0.25) is 0 Å². The molecule has 0 bridgehead atoms. The lowest BCUT2D eigenvalue weighted by molar-refractivity contribution is -0.137. The Morgan fingerprint density at radius 1 is 1.28 bits per heavy atom. The van der Waals surface area contributed by atoms with Crippen molar-refractivity contribution in [1.29, 1.82) is 0 Å². The molecular formula is C16H16F3N5O. The van der Waals surface area contributed by atoms with Crippen LogP contribution >= 0.6 is 0 Å². The fraction of sp³-hybridized carbons (Fsp3) is 0.312. The Kier molecular flexibility index (Phi) is 4.23. The molecule has 3 aromatic rings. The summed E-state index contributed by atoms with van der Waals surface area (Å²) in [4.78, 5) is 8.30. The molecule has 0 amide bonds. The Bertz CT molecular complexity index is 920. The summed E-state index contributed by atoms with van der Waals surface area (Å²) in [6, 6.07) is 3.44. The third kappa shape index (κ3) is 3.21. The molecule has 9 heteroatoms. The number of alkyl halides is 3. The van der Waals surface area contributed by atoms with E-state index in [9.17, 15) is 13.2 Å². The quantitative estimate of drug-likeness (QED) is 0.782. The molecule has 0 atom stereocenters. The van der Waals surface area contributed by atoms with Gasteiger partial charge in [-0.15, -0.1) is 0 Å². The van der Waals surface area contributed by atoms with Crippen LogP contribution in [-0.4, -0.2) is 26.2 Å². The van der Waals surface area contributed by atoms with Crippen LogP contribution in [0.1, 0.15) is 29.3 Å². The molecule has 6 nitrogen and oxygen atoms in total. The van der Waals surface area contributed by atoms with Crippen LogP contribution in [0.15, 0.2) is 24.5 Å². The van der Waals surface area contributed by atoms with Crippen molar-refractivity contribution in [2.24, 2.45) is 0 Å². The number of nitrogen functional groups attached to an aromatic ring is 1. The average molecular weight is 351 g/mol. The highest BCUT2D eigenvalue weighted by molar-refractivity contribution is 5.52. The van der Waals surface area contributed by atoms with Crippen LogP contribution in [0.5, 0.6) is 5.75 Å². The zero-order chi connectivity index (χ0) is 18.2. The van der Waals surface area contributed by atoms with Gasteiger partial charge in [-0.05, 0) is 31.5 Å². The van der Waals surface area contributed by atoms with Crippen LogP contribution in [0, 0.1) is 6.92 Å². The summed E-state index contributed by atoms with van der Waals surface area (Å²) >= 11 is 0. The first-order valence-electron chi connectivity index (χ1n) is 7.59. The summed E-state index contributed by atoms with van der Waals surface area (Å²) in [5.41, 5.74) is 7.27. The maximum atomic E-state index is 12.9. The van der Waals surface area contributed by atoms with Crippen molar-refractivity contribution < 1.29 is 17.9 Å². The molecular weight excluding hydrogens is 335 g/mol. The van der Waals surface area contributed by atoms with Crippen molar-refractivity contribution in [3.8, 4) is 5.75 Å². The highest BCUT2D eigenvalue weighted by Crippen LogP contribution is 2.34. The van der Waals surface area contributed by atoms with E-state index >= 15 is 0 Å². The van der Waals surface area contributed by atoms with Crippen LogP contribution in [0.3, 0.4) is 0 Å². The highest BCUT2D eigenvalue weighted by atomic mass is 19.4. The van der Waals surface area contributed by atoms with Crippen molar-refractivity contribution in [2.75, 3.05) is 12.3 Å². The number of aryl methyl sites for hydroxylation is 1. The van der Waals surface area contributed by atoms with E-state index in [-0.39, 0.29) is 18.8 Å². The number of hydrogen-bond donors (Lipinski definition) is 1. The fourth-order valence-electron chi connectivity index (χ4n) is 2.59. The lowest BCUT2D eigenvalue weighted by Gasteiger charge is -2.15. The van der Waals surface area contributed by atoms with E-state index in [1.54, 1.807) is 13.8 Å². The number of rotatable bonds is 4. The van der Waals surface area contributed by atoms with Crippen LogP contribution < -0.4 is 10.5 Å². The predicted octanol–water partition coefficient (Wildman–Crippen LogP) is 3.02. The summed E-state index contributed by atoms with van der Waals surface area (Å²) in [5.74, 6) is 0.897. The number of anilines is 1. The highest BCUT2D eigenvalue weighted by Gasteiger charge is 2.31. The molecule has 2 aromatic heterocycles. The number of nitrogens with zero attached hydrogens (tertiary/aromatic N) is 4. The number of fused-ring (bicyclic) bond motifs is 1. The molecule has 0 saturated heterocycles. The summed E-state index contributed by atoms with van der Waals surface area (Å²) < 4.78 is 45.6. The van der Waals surface area contributed by atoms with Crippen LogP contribution in [0.25, 0.3) is 5.78 Å². The van der Waals surface area contributed by atoms with Crippen molar-refractivity contribution in [2.45, 2.75) is 26.4 Å². The van der Waals surface area contributed by atoms with Crippen molar-refractivity contribution in [1.82, 2.24) is 19.6 Å². The van der Waals surface area contributed by atoms with Gasteiger partial charge in [-0.25, -0.2) is 4.98 Å². The van der Waals surface area contributed by atoms with Gasteiger partial charge in [-0.2, -0.15) is 27.8 Å². The van der Waals surface area contributed by atoms with Gasteiger partial charge in [0.05, 0.1) is 12.2 Å². The molecule has 1 aromatic carbocycles. The van der Waals surface area contributed by atoms with Gasteiger partial charge in [0.1, 0.15) is 17.9 Å². The molecule has 0 saturated carbocycles.